The number of likely N-dealkylation sites (N-methyl/N-ethyl adjacent to an activating group) is 1. The highest BCUT2D eigenvalue weighted by Crippen LogP contribution is 2.35. The lowest BCUT2D eigenvalue weighted by Crippen LogP contribution is -2.44. The van der Waals surface area contributed by atoms with E-state index in [1.807, 2.05) is 31.9 Å². The van der Waals surface area contributed by atoms with Gasteiger partial charge < -0.3 is 15.5 Å². The van der Waals surface area contributed by atoms with E-state index in [0.29, 0.717) is 35.0 Å². The van der Waals surface area contributed by atoms with Crippen molar-refractivity contribution in [2.75, 3.05) is 22.6 Å². The number of fused-ring (bicyclic) bond motifs is 1. The molecule has 0 spiro atoms. The van der Waals surface area contributed by atoms with Crippen LogP contribution in [0.15, 0.2) is 36.5 Å². The largest absolute Gasteiger partial charge is 0.416 e. The van der Waals surface area contributed by atoms with Gasteiger partial charge in [0.25, 0.3) is 0 Å². The normalized spacial score (nSPS) is 16.4. The molecule has 3 aromatic rings. The molecule has 3 heterocycles. The van der Waals surface area contributed by atoms with Crippen molar-refractivity contribution < 1.29 is 18.0 Å². The average molecular weight is 494 g/mol. The Morgan fingerprint density at radius 1 is 1.26 bits per heavy atom. The van der Waals surface area contributed by atoms with Gasteiger partial charge in [-0.2, -0.15) is 26.7 Å². The van der Waals surface area contributed by atoms with Gasteiger partial charge in [0.2, 0.25) is 5.91 Å². The average Bonchev–Trinajstić information content (AvgIpc) is 3.25. The molecule has 1 amide bonds. The van der Waals surface area contributed by atoms with E-state index in [-0.39, 0.29) is 25.4 Å². The maximum Gasteiger partial charge on any atom is 0.416 e. The van der Waals surface area contributed by atoms with Gasteiger partial charge >= 0.3 is 6.18 Å². The molecule has 0 saturated carbocycles. The number of aromatic nitrogens is 4. The number of hydrogen-bond acceptors (Lipinski definition) is 6. The second kappa shape index (κ2) is 9.53. The third-order valence-corrected chi connectivity index (χ3v) is 5.87. The molecule has 2 atom stereocenters. The van der Waals surface area contributed by atoms with Gasteiger partial charge in [0, 0.05) is 13.1 Å². The Morgan fingerprint density at radius 3 is 2.71 bits per heavy atom. The fourth-order valence-corrected chi connectivity index (χ4v) is 3.68. The number of carbonyl (C=O) groups excluding carboxylic acids is 1. The summed E-state index contributed by atoms with van der Waals surface area (Å²) in [5.74, 6) is 0.532. The second-order valence-corrected chi connectivity index (χ2v) is 8.11. The summed E-state index contributed by atoms with van der Waals surface area (Å²) in [6, 6.07) is 6.33. The smallest absolute Gasteiger partial charge is 0.364 e. The van der Waals surface area contributed by atoms with E-state index in [1.54, 1.807) is 19.2 Å². The van der Waals surface area contributed by atoms with Crippen molar-refractivity contribution in [2.45, 2.75) is 45.6 Å². The molecule has 1 aliphatic rings. The lowest BCUT2D eigenvalue weighted by atomic mass is 10.1. The summed E-state index contributed by atoms with van der Waals surface area (Å²) >= 11 is 0. The van der Waals surface area contributed by atoms with Gasteiger partial charge in [-0.25, -0.2) is 9.67 Å². The minimum absolute atomic E-state index is 0. The van der Waals surface area contributed by atoms with Crippen LogP contribution in [0.3, 0.4) is 0 Å². The van der Waals surface area contributed by atoms with Gasteiger partial charge in [0.05, 0.1) is 41.4 Å². The van der Waals surface area contributed by atoms with Gasteiger partial charge in [-0.15, -0.1) is 5.10 Å². The lowest BCUT2D eigenvalue weighted by Gasteiger charge is -2.34. The molecule has 4 rings (SSSR count). The number of nitrogens with one attached hydrogen (secondary N) is 2. The van der Waals surface area contributed by atoms with E-state index < -0.39 is 17.8 Å². The van der Waals surface area contributed by atoms with Crippen LogP contribution in [0.1, 0.15) is 42.4 Å². The zero-order chi connectivity index (χ0) is 23.9. The molecule has 0 radical (unpaired) electrons. The standard InChI is InChI=1S/C22H24F3N7O.H2S/c1-12-20-18(31(4)14(3)21(33)28-20)9-19(27-12)26-10-17-11-32(30-29-17)13(2)15-6-5-7-16(8-15)22(23,24)25;/h5-9,11,13-14H,10H2,1-4H3,(H,26,27)(H,28,33);1H2/t13?,14-;/m0./s1. The quantitative estimate of drug-likeness (QED) is 0.556. The van der Waals surface area contributed by atoms with Crippen molar-refractivity contribution >= 4 is 36.6 Å². The first-order valence-corrected chi connectivity index (χ1v) is 10.4. The number of hydrogen-bond donors (Lipinski definition) is 2. The van der Waals surface area contributed by atoms with Crippen LogP contribution >= 0.6 is 13.5 Å². The molecule has 12 heteroatoms. The SMILES string of the molecule is Cc1nc(NCc2cn(C(C)c3cccc(C(F)(F)F)c3)nn2)cc2c1NC(=O)[C@H](C)N2C.S. The third-order valence-electron chi connectivity index (χ3n) is 5.87. The van der Waals surface area contributed by atoms with Crippen molar-refractivity contribution in [2.24, 2.45) is 0 Å². The van der Waals surface area contributed by atoms with E-state index in [4.69, 9.17) is 0 Å². The Balaban J connectivity index is 0.00000324. The van der Waals surface area contributed by atoms with E-state index in [0.717, 1.165) is 17.8 Å². The minimum Gasteiger partial charge on any atom is -0.364 e. The van der Waals surface area contributed by atoms with Crippen LogP contribution in [0.5, 0.6) is 0 Å². The highest BCUT2D eigenvalue weighted by molar-refractivity contribution is 7.59. The molecule has 34 heavy (non-hydrogen) atoms. The highest BCUT2D eigenvalue weighted by atomic mass is 32.1. The summed E-state index contributed by atoms with van der Waals surface area (Å²) in [6.45, 7) is 5.74. The highest BCUT2D eigenvalue weighted by Gasteiger charge is 2.31. The molecule has 1 aromatic carbocycles. The monoisotopic (exact) mass is 493 g/mol. The van der Waals surface area contributed by atoms with Crippen LogP contribution < -0.4 is 15.5 Å². The topological polar surface area (TPSA) is 88.0 Å². The first-order chi connectivity index (χ1) is 15.5. The number of rotatable bonds is 5. The fourth-order valence-electron chi connectivity index (χ4n) is 3.68. The van der Waals surface area contributed by atoms with E-state index in [2.05, 4.69) is 25.9 Å². The van der Waals surface area contributed by atoms with E-state index in [9.17, 15) is 18.0 Å². The van der Waals surface area contributed by atoms with Crippen LogP contribution in [0, 0.1) is 6.92 Å². The zero-order valence-electron chi connectivity index (χ0n) is 19.1. The Morgan fingerprint density at radius 2 is 2.00 bits per heavy atom. The molecule has 2 aromatic heterocycles. The Bertz CT molecular complexity index is 1200. The molecule has 8 nitrogen and oxygen atoms in total. The number of carbonyl (C=O) groups is 1. The summed E-state index contributed by atoms with van der Waals surface area (Å²) in [5.41, 5.74) is 2.63. The zero-order valence-corrected chi connectivity index (χ0v) is 20.1. The molecule has 0 bridgehead atoms. The van der Waals surface area contributed by atoms with Gasteiger partial charge in [0.15, 0.2) is 0 Å². The van der Waals surface area contributed by atoms with Crippen LogP contribution in [-0.4, -0.2) is 39.0 Å². The molecule has 0 aliphatic carbocycles. The number of aryl methyl sites for hydroxylation is 1. The molecular weight excluding hydrogens is 467 g/mol. The predicted molar refractivity (Wildman–Crippen MR) is 128 cm³/mol. The number of benzene rings is 1. The number of nitrogens with zero attached hydrogens (tertiary/aromatic N) is 5. The number of pyridine rings is 1. The summed E-state index contributed by atoms with van der Waals surface area (Å²) in [5, 5.41) is 14.3. The summed E-state index contributed by atoms with van der Waals surface area (Å²) in [7, 11) is 1.85. The lowest BCUT2D eigenvalue weighted by molar-refractivity contribution is -0.137. The van der Waals surface area contributed by atoms with Crippen molar-refractivity contribution in [1.29, 1.82) is 0 Å². The van der Waals surface area contributed by atoms with Crippen molar-refractivity contribution in [3.63, 3.8) is 0 Å². The van der Waals surface area contributed by atoms with Crippen LogP contribution in [-0.2, 0) is 17.5 Å². The summed E-state index contributed by atoms with van der Waals surface area (Å²) in [4.78, 5) is 18.5. The molecule has 1 unspecified atom stereocenters. The van der Waals surface area contributed by atoms with E-state index in [1.165, 1.54) is 10.7 Å². The maximum atomic E-state index is 13.0. The minimum atomic E-state index is -4.40. The van der Waals surface area contributed by atoms with Crippen molar-refractivity contribution in [3.05, 3.63) is 59.0 Å². The van der Waals surface area contributed by atoms with Gasteiger partial charge in [-0.05, 0) is 38.5 Å². The van der Waals surface area contributed by atoms with Crippen LogP contribution in [0.25, 0.3) is 0 Å². The van der Waals surface area contributed by atoms with Gasteiger partial charge in [0.1, 0.15) is 17.6 Å². The molecule has 0 saturated heterocycles. The number of alkyl halides is 3. The first-order valence-electron chi connectivity index (χ1n) is 10.4. The Labute approximate surface area is 202 Å². The number of halogens is 3. The predicted octanol–water partition coefficient (Wildman–Crippen LogP) is 4.11. The van der Waals surface area contributed by atoms with Crippen molar-refractivity contribution in [1.82, 2.24) is 20.0 Å². The summed E-state index contributed by atoms with van der Waals surface area (Å²) < 4.78 is 40.6. The molecule has 2 N–H and O–H groups in total. The Kier molecular flexibility index (Phi) is 7.10. The number of amides is 1. The second-order valence-electron chi connectivity index (χ2n) is 8.11. The molecule has 0 fully saturated rings. The molecule has 182 valence electrons. The molecular formula is C22H26F3N7OS. The fraction of sp³-hybridized carbons (Fsp3) is 0.364. The van der Waals surface area contributed by atoms with Crippen LogP contribution in [0.2, 0.25) is 0 Å². The van der Waals surface area contributed by atoms with Gasteiger partial charge in [-0.3, -0.25) is 4.79 Å². The van der Waals surface area contributed by atoms with Crippen LogP contribution in [0.4, 0.5) is 30.4 Å². The van der Waals surface area contributed by atoms with Crippen molar-refractivity contribution in [3.8, 4) is 0 Å². The number of anilines is 3. The molecule has 1 aliphatic heterocycles. The summed E-state index contributed by atoms with van der Waals surface area (Å²) in [6.07, 6.45) is -2.71. The first kappa shape index (κ1) is 25.3. The third kappa shape index (κ3) is 4.96. The maximum absolute atomic E-state index is 13.0. The Hall–Kier alpha value is -3.28. The van der Waals surface area contributed by atoms with Gasteiger partial charge in [-0.1, -0.05) is 17.3 Å². The van der Waals surface area contributed by atoms with E-state index >= 15 is 0 Å².